The molecule has 1 N–H and O–H groups in total. The Bertz CT molecular complexity index is 1070. The Labute approximate surface area is 194 Å². The summed E-state index contributed by atoms with van der Waals surface area (Å²) in [6.07, 6.45) is 3.49. The molecule has 0 aromatic heterocycles. The van der Waals surface area contributed by atoms with Gasteiger partial charge in [-0.15, -0.1) is 0 Å². The lowest BCUT2D eigenvalue weighted by molar-refractivity contribution is -0.121. The van der Waals surface area contributed by atoms with Crippen LogP contribution in [0, 0.1) is 0 Å². The van der Waals surface area contributed by atoms with Crippen molar-refractivity contribution in [3.05, 3.63) is 54.1 Å². The molecule has 2 aromatic rings. The summed E-state index contributed by atoms with van der Waals surface area (Å²) in [6, 6.07) is 15.3. The first-order chi connectivity index (χ1) is 15.9. The molecule has 0 saturated carbocycles. The van der Waals surface area contributed by atoms with E-state index < -0.39 is 10.0 Å². The van der Waals surface area contributed by atoms with E-state index in [1.165, 1.54) is 9.87 Å². The number of rotatable bonds is 9. The highest BCUT2D eigenvalue weighted by Gasteiger charge is 2.34. The second kappa shape index (κ2) is 10.0. The van der Waals surface area contributed by atoms with Crippen LogP contribution in [0.25, 0.3) is 0 Å². The van der Waals surface area contributed by atoms with E-state index in [4.69, 9.17) is 14.2 Å². The van der Waals surface area contributed by atoms with Crippen LogP contribution in [0.4, 0.5) is 5.69 Å². The number of hydrogen-bond acceptors (Lipinski definition) is 6. The fourth-order valence-electron chi connectivity index (χ4n) is 4.39. The zero-order chi connectivity index (χ0) is 23.3. The SMILES string of the molecule is CS(=O)(=O)N(CCCC(=O)NCC1(c2ccccc2)CCOCC1)c1ccc2c(c1)OCO2. The fraction of sp³-hybridized carbons (Fsp3) is 0.458. The monoisotopic (exact) mass is 474 g/mol. The maximum Gasteiger partial charge on any atom is 0.232 e. The van der Waals surface area contributed by atoms with E-state index in [9.17, 15) is 13.2 Å². The van der Waals surface area contributed by atoms with Crippen molar-refractivity contribution in [2.24, 2.45) is 0 Å². The third-order valence-corrected chi connectivity index (χ3v) is 7.46. The highest BCUT2D eigenvalue weighted by Crippen LogP contribution is 2.36. The topological polar surface area (TPSA) is 94.2 Å². The van der Waals surface area contributed by atoms with Crippen LogP contribution in [0.5, 0.6) is 11.5 Å². The Balaban J connectivity index is 1.34. The lowest BCUT2D eigenvalue weighted by Crippen LogP contribution is -2.44. The standard InChI is InChI=1S/C24H30N2O6S/c1-33(28,29)26(20-9-10-21-22(16-20)32-18-31-21)13-5-8-23(27)25-17-24(11-14-30-15-12-24)19-6-3-2-4-7-19/h2-4,6-7,9-10,16H,5,8,11-15,17-18H2,1H3,(H,25,27). The normalized spacial score (nSPS) is 16.9. The molecule has 9 heteroatoms. The second-order valence-corrected chi connectivity index (χ2v) is 10.4. The van der Waals surface area contributed by atoms with Gasteiger partial charge in [-0.1, -0.05) is 30.3 Å². The molecule has 2 aliphatic rings. The summed E-state index contributed by atoms with van der Waals surface area (Å²) in [6.45, 7) is 2.20. The van der Waals surface area contributed by atoms with E-state index in [-0.39, 0.29) is 31.1 Å². The number of nitrogens with zero attached hydrogens (tertiary/aromatic N) is 1. The molecular formula is C24H30N2O6S. The Morgan fingerprint density at radius 1 is 1.06 bits per heavy atom. The lowest BCUT2D eigenvalue weighted by Gasteiger charge is -2.38. The number of carbonyl (C=O) groups is 1. The first kappa shape index (κ1) is 23.4. The molecule has 0 radical (unpaired) electrons. The predicted molar refractivity (Wildman–Crippen MR) is 125 cm³/mol. The Morgan fingerprint density at radius 2 is 1.79 bits per heavy atom. The van der Waals surface area contributed by atoms with E-state index in [1.807, 2.05) is 18.2 Å². The van der Waals surface area contributed by atoms with Crippen LogP contribution in [0.3, 0.4) is 0 Å². The van der Waals surface area contributed by atoms with E-state index in [0.717, 1.165) is 19.1 Å². The summed E-state index contributed by atoms with van der Waals surface area (Å²) in [7, 11) is -3.52. The number of benzene rings is 2. The average molecular weight is 475 g/mol. The zero-order valence-electron chi connectivity index (χ0n) is 18.8. The summed E-state index contributed by atoms with van der Waals surface area (Å²) in [4.78, 5) is 12.6. The molecule has 178 valence electrons. The first-order valence-corrected chi connectivity index (χ1v) is 13.0. The van der Waals surface area contributed by atoms with E-state index in [1.54, 1.807) is 18.2 Å². The molecule has 0 spiro atoms. The highest BCUT2D eigenvalue weighted by molar-refractivity contribution is 7.92. The molecule has 1 saturated heterocycles. The largest absolute Gasteiger partial charge is 0.454 e. The highest BCUT2D eigenvalue weighted by atomic mass is 32.2. The Morgan fingerprint density at radius 3 is 2.52 bits per heavy atom. The minimum Gasteiger partial charge on any atom is -0.454 e. The van der Waals surface area contributed by atoms with Crippen LogP contribution in [0.1, 0.15) is 31.2 Å². The van der Waals surface area contributed by atoms with Gasteiger partial charge in [-0.25, -0.2) is 8.42 Å². The average Bonchev–Trinajstić information content (AvgIpc) is 3.29. The van der Waals surface area contributed by atoms with E-state index in [2.05, 4.69) is 17.4 Å². The van der Waals surface area contributed by atoms with E-state index in [0.29, 0.717) is 43.4 Å². The molecule has 4 rings (SSSR count). The first-order valence-electron chi connectivity index (χ1n) is 11.1. The molecule has 0 atom stereocenters. The van der Waals surface area contributed by atoms with Gasteiger partial charge in [0.2, 0.25) is 22.7 Å². The van der Waals surface area contributed by atoms with Gasteiger partial charge in [0.25, 0.3) is 0 Å². The van der Waals surface area contributed by atoms with Gasteiger partial charge in [-0.05, 0) is 37.0 Å². The third-order valence-electron chi connectivity index (χ3n) is 6.27. The second-order valence-electron chi connectivity index (χ2n) is 8.51. The van der Waals surface area contributed by atoms with Crippen LogP contribution >= 0.6 is 0 Å². The van der Waals surface area contributed by atoms with Crippen molar-refractivity contribution >= 4 is 21.6 Å². The zero-order valence-corrected chi connectivity index (χ0v) is 19.6. The molecule has 0 unspecified atom stereocenters. The smallest absolute Gasteiger partial charge is 0.232 e. The summed E-state index contributed by atoms with van der Waals surface area (Å²) >= 11 is 0. The van der Waals surface area contributed by atoms with Crippen LogP contribution in [0.15, 0.2) is 48.5 Å². The lowest BCUT2D eigenvalue weighted by atomic mass is 9.74. The van der Waals surface area contributed by atoms with Crippen molar-refractivity contribution in [3.8, 4) is 11.5 Å². The minimum atomic E-state index is -3.52. The maximum atomic E-state index is 12.6. The quantitative estimate of drug-likeness (QED) is 0.601. The van der Waals surface area contributed by atoms with Crippen molar-refractivity contribution in [2.75, 3.05) is 43.7 Å². The van der Waals surface area contributed by atoms with Crippen molar-refractivity contribution in [1.29, 1.82) is 0 Å². The van der Waals surface area contributed by atoms with Gasteiger partial charge >= 0.3 is 0 Å². The summed E-state index contributed by atoms with van der Waals surface area (Å²) < 4.78 is 42.3. The molecule has 2 heterocycles. The molecule has 2 aromatic carbocycles. The van der Waals surface area contributed by atoms with Crippen LogP contribution < -0.4 is 19.1 Å². The van der Waals surface area contributed by atoms with Crippen LogP contribution in [-0.2, 0) is 25.0 Å². The summed E-state index contributed by atoms with van der Waals surface area (Å²) in [5.74, 6) is 1.02. The van der Waals surface area contributed by atoms with Gasteiger partial charge in [-0.2, -0.15) is 0 Å². The molecular weight excluding hydrogens is 444 g/mol. The van der Waals surface area contributed by atoms with Crippen molar-refractivity contribution < 1.29 is 27.4 Å². The molecule has 33 heavy (non-hydrogen) atoms. The number of nitrogens with one attached hydrogen (secondary N) is 1. The molecule has 0 aliphatic carbocycles. The number of hydrogen-bond donors (Lipinski definition) is 1. The van der Waals surface area contributed by atoms with Crippen molar-refractivity contribution in [2.45, 2.75) is 31.1 Å². The van der Waals surface area contributed by atoms with Gasteiger partial charge in [0.05, 0.1) is 11.9 Å². The number of anilines is 1. The molecule has 1 fully saturated rings. The summed E-state index contributed by atoms with van der Waals surface area (Å²) in [5, 5.41) is 3.08. The third kappa shape index (κ3) is 5.59. The summed E-state index contributed by atoms with van der Waals surface area (Å²) in [5.41, 5.74) is 1.56. The number of ether oxygens (including phenoxy) is 3. The molecule has 1 amide bonds. The van der Waals surface area contributed by atoms with Crippen LogP contribution in [0.2, 0.25) is 0 Å². The Kier molecular flexibility index (Phi) is 7.09. The molecule has 0 bridgehead atoms. The van der Waals surface area contributed by atoms with E-state index >= 15 is 0 Å². The minimum absolute atomic E-state index is 0.0871. The van der Waals surface area contributed by atoms with Gasteiger partial charge < -0.3 is 19.5 Å². The number of sulfonamides is 1. The van der Waals surface area contributed by atoms with Gasteiger partial charge in [0.1, 0.15) is 0 Å². The number of amides is 1. The Hall–Kier alpha value is -2.78. The number of carbonyl (C=O) groups excluding carboxylic acids is 1. The fourth-order valence-corrected chi connectivity index (χ4v) is 5.34. The van der Waals surface area contributed by atoms with Gasteiger partial charge in [-0.3, -0.25) is 9.10 Å². The molecule has 2 aliphatic heterocycles. The van der Waals surface area contributed by atoms with Gasteiger partial charge in [0, 0.05) is 44.2 Å². The maximum absolute atomic E-state index is 12.6. The van der Waals surface area contributed by atoms with Crippen LogP contribution in [-0.4, -0.2) is 53.7 Å². The van der Waals surface area contributed by atoms with Crippen molar-refractivity contribution in [3.63, 3.8) is 0 Å². The predicted octanol–water partition coefficient (Wildman–Crippen LogP) is 2.83. The molecule has 8 nitrogen and oxygen atoms in total. The number of fused-ring (bicyclic) bond motifs is 1. The van der Waals surface area contributed by atoms with Gasteiger partial charge in [0.15, 0.2) is 11.5 Å². The van der Waals surface area contributed by atoms with Crippen molar-refractivity contribution in [1.82, 2.24) is 5.32 Å².